The summed E-state index contributed by atoms with van der Waals surface area (Å²) in [7, 11) is 0. The van der Waals surface area contributed by atoms with Gasteiger partial charge in [0.25, 0.3) is 5.91 Å². The first-order valence-corrected chi connectivity index (χ1v) is 10.6. The van der Waals surface area contributed by atoms with Crippen LogP contribution in [0.3, 0.4) is 0 Å². The van der Waals surface area contributed by atoms with Gasteiger partial charge in [0.15, 0.2) is 6.61 Å². The van der Waals surface area contributed by atoms with Crippen LogP contribution in [0, 0.1) is 0 Å². The van der Waals surface area contributed by atoms with E-state index in [1.165, 1.54) is 19.3 Å². The lowest BCUT2D eigenvalue weighted by Crippen LogP contribution is -2.41. The Labute approximate surface area is 177 Å². The highest BCUT2D eigenvalue weighted by molar-refractivity contribution is 5.78. The van der Waals surface area contributed by atoms with Crippen molar-refractivity contribution >= 4 is 5.91 Å². The third kappa shape index (κ3) is 5.10. The maximum atomic E-state index is 12.5. The molecule has 5 heteroatoms. The standard InChI is InChI=1S/C25H28N2O3/c28-25(19-30-23-13-6-5-12-21(23)20-10-3-1-4-11-20)26-18-22(24-14-9-17-29-24)27-15-7-2-8-16-27/h1,3-6,9-14,17,22H,2,7-8,15-16,18-19H2,(H,26,28)/t22-/m1/s1. The van der Waals surface area contributed by atoms with Crippen LogP contribution in [-0.4, -0.2) is 37.0 Å². The van der Waals surface area contributed by atoms with E-state index in [4.69, 9.17) is 9.15 Å². The third-order valence-electron chi connectivity index (χ3n) is 5.53. The fourth-order valence-corrected chi connectivity index (χ4v) is 3.97. The molecule has 2 heterocycles. The molecule has 30 heavy (non-hydrogen) atoms. The minimum Gasteiger partial charge on any atom is -0.483 e. The average Bonchev–Trinajstić information content (AvgIpc) is 3.34. The van der Waals surface area contributed by atoms with Crippen molar-refractivity contribution in [2.45, 2.75) is 25.3 Å². The minimum atomic E-state index is -0.133. The molecule has 4 rings (SSSR count). The number of benzene rings is 2. The molecular weight excluding hydrogens is 376 g/mol. The molecule has 0 aliphatic carbocycles. The number of carbonyl (C=O) groups excluding carboxylic acids is 1. The van der Waals surface area contributed by atoms with Crippen molar-refractivity contribution < 1.29 is 13.9 Å². The number of nitrogens with one attached hydrogen (secondary N) is 1. The van der Waals surface area contributed by atoms with Gasteiger partial charge in [-0.1, -0.05) is 55.0 Å². The van der Waals surface area contributed by atoms with Gasteiger partial charge in [0.1, 0.15) is 11.5 Å². The highest BCUT2D eigenvalue weighted by Crippen LogP contribution is 2.29. The molecule has 1 aliphatic rings. The van der Waals surface area contributed by atoms with E-state index < -0.39 is 0 Å². The first-order valence-electron chi connectivity index (χ1n) is 10.6. The molecule has 0 spiro atoms. The summed E-state index contributed by atoms with van der Waals surface area (Å²) in [5.41, 5.74) is 2.05. The number of likely N-dealkylation sites (tertiary alicyclic amines) is 1. The highest BCUT2D eigenvalue weighted by atomic mass is 16.5. The van der Waals surface area contributed by atoms with E-state index >= 15 is 0 Å². The van der Waals surface area contributed by atoms with E-state index in [-0.39, 0.29) is 18.6 Å². The van der Waals surface area contributed by atoms with E-state index in [2.05, 4.69) is 10.2 Å². The molecule has 1 atom stereocenters. The fraction of sp³-hybridized carbons (Fsp3) is 0.320. The molecule has 1 amide bonds. The monoisotopic (exact) mass is 404 g/mol. The number of piperidine rings is 1. The maximum absolute atomic E-state index is 12.5. The average molecular weight is 405 g/mol. The third-order valence-corrected chi connectivity index (χ3v) is 5.53. The van der Waals surface area contributed by atoms with Crippen molar-refractivity contribution in [2.75, 3.05) is 26.2 Å². The van der Waals surface area contributed by atoms with Crippen molar-refractivity contribution in [3.05, 3.63) is 78.8 Å². The number of ether oxygens (including phenoxy) is 1. The van der Waals surface area contributed by atoms with E-state index in [1.54, 1.807) is 6.26 Å². The quantitative estimate of drug-likeness (QED) is 0.593. The fourth-order valence-electron chi connectivity index (χ4n) is 3.97. The summed E-state index contributed by atoms with van der Waals surface area (Å²) in [5.74, 6) is 1.47. The topological polar surface area (TPSA) is 54.7 Å². The number of carbonyl (C=O) groups is 1. The van der Waals surface area contributed by atoms with Gasteiger partial charge in [-0.25, -0.2) is 0 Å². The molecule has 0 bridgehead atoms. The molecular formula is C25H28N2O3. The predicted molar refractivity (Wildman–Crippen MR) is 117 cm³/mol. The van der Waals surface area contributed by atoms with E-state index in [9.17, 15) is 4.79 Å². The van der Waals surface area contributed by atoms with Crippen molar-refractivity contribution in [1.29, 1.82) is 0 Å². The molecule has 3 aromatic rings. The molecule has 0 saturated carbocycles. The summed E-state index contributed by atoms with van der Waals surface area (Å²) >= 11 is 0. The van der Waals surface area contributed by atoms with Crippen LogP contribution in [0.25, 0.3) is 11.1 Å². The Kier molecular flexibility index (Phi) is 6.83. The number of rotatable bonds is 8. The zero-order valence-corrected chi connectivity index (χ0v) is 17.1. The normalized spacial score (nSPS) is 15.5. The van der Waals surface area contributed by atoms with Crippen LogP contribution >= 0.6 is 0 Å². The van der Waals surface area contributed by atoms with Crippen LogP contribution in [0.2, 0.25) is 0 Å². The molecule has 0 unspecified atom stereocenters. The van der Waals surface area contributed by atoms with Gasteiger partial charge in [0.05, 0.1) is 12.3 Å². The molecule has 5 nitrogen and oxygen atoms in total. The van der Waals surface area contributed by atoms with Gasteiger partial charge in [-0.3, -0.25) is 9.69 Å². The Morgan fingerprint density at radius 3 is 2.50 bits per heavy atom. The Hall–Kier alpha value is -3.05. The summed E-state index contributed by atoms with van der Waals surface area (Å²) in [6.45, 7) is 2.55. The van der Waals surface area contributed by atoms with Crippen LogP contribution in [0.4, 0.5) is 0 Å². The number of hydrogen-bond donors (Lipinski definition) is 1. The van der Waals surface area contributed by atoms with Gasteiger partial charge in [0, 0.05) is 12.1 Å². The van der Waals surface area contributed by atoms with Gasteiger partial charge in [-0.15, -0.1) is 0 Å². The van der Waals surface area contributed by atoms with Crippen molar-refractivity contribution in [2.24, 2.45) is 0 Å². The number of para-hydroxylation sites is 1. The van der Waals surface area contributed by atoms with Gasteiger partial charge < -0.3 is 14.5 Å². The largest absolute Gasteiger partial charge is 0.483 e. The van der Waals surface area contributed by atoms with Crippen LogP contribution in [0.15, 0.2) is 77.4 Å². The lowest BCUT2D eigenvalue weighted by atomic mass is 10.1. The molecule has 1 saturated heterocycles. The van der Waals surface area contributed by atoms with Crippen LogP contribution in [-0.2, 0) is 4.79 Å². The molecule has 1 N–H and O–H groups in total. The smallest absolute Gasteiger partial charge is 0.258 e. The summed E-state index contributed by atoms with van der Waals surface area (Å²) in [5, 5.41) is 3.03. The Morgan fingerprint density at radius 1 is 0.967 bits per heavy atom. The summed E-state index contributed by atoms with van der Waals surface area (Å²) in [4.78, 5) is 14.9. The maximum Gasteiger partial charge on any atom is 0.258 e. The second-order valence-corrected chi connectivity index (χ2v) is 7.58. The number of hydrogen-bond acceptors (Lipinski definition) is 4. The summed E-state index contributed by atoms with van der Waals surface area (Å²) < 4.78 is 11.5. The Bertz CT molecular complexity index is 919. The number of furan rings is 1. The lowest BCUT2D eigenvalue weighted by molar-refractivity contribution is -0.123. The van der Waals surface area contributed by atoms with E-state index in [0.717, 1.165) is 30.0 Å². The van der Waals surface area contributed by atoms with E-state index in [0.29, 0.717) is 12.3 Å². The highest BCUT2D eigenvalue weighted by Gasteiger charge is 2.25. The van der Waals surface area contributed by atoms with Crippen molar-refractivity contribution in [1.82, 2.24) is 10.2 Å². The zero-order valence-electron chi connectivity index (χ0n) is 17.1. The molecule has 1 aliphatic heterocycles. The second-order valence-electron chi connectivity index (χ2n) is 7.58. The Morgan fingerprint density at radius 2 is 1.73 bits per heavy atom. The molecule has 2 aromatic carbocycles. The van der Waals surface area contributed by atoms with Crippen molar-refractivity contribution in [3.63, 3.8) is 0 Å². The SMILES string of the molecule is O=C(COc1ccccc1-c1ccccc1)NC[C@H](c1ccco1)N1CCCCC1. The molecule has 156 valence electrons. The molecule has 0 radical (unpaired) electrons. The number of amides is 1. The number of nitrogens with zero attached hydrogens (tertiary/aromatic N) is 1. The van der Waals surface area contributed by atoms with Crippen LogP contribution < -0.4 is 10.1 Å². The van der Waals surface area contributed by atoms with Crippen LogP contribution in [0.5, 0.6) is 5.75 Å². The van der Waals surface area contributed by atoms with Crippen LogP contribution in [0.1, 0.15) is 31.1 Å². The second kappa shape index (κ2) is 10.1. The minimum absolute atomic E-state index is 0.0191. The lowest BCUT2D eigenvalue weighted by Gasteiger charge is -2.33. The van der Waals surface area contributed by atoms with Gasteiger partial charge in [-0.05, 0) is 49.7 Å². The van der Waals surface area contributed by atoms with Gasteiger partial charge in [0.2, 0.25) is 0 Å². The summed E-state index contributed by atoms with van der Waals surface area (Å²) in [6, 6.07) is 21.8. The zero-order chi connectivity index (χ0) is 20.6. The molecule has 1 aromatic heterocycles. The predicted octanol–water partition coefficient (Wildman–Crippen LogP) is 4.67. The Balaban J connectivity index is 1.36. The molecule has 1 fully saturated rings. The van der Waals surface area contributed by atoms with Gasteiger partial charge in [-0.2, -0.15) is 0 Å². The summed E-state index contributed by atoms with van der Waals surface area (Å²) in [6.07, 6.45) is 5.33. The first-order chi connectivity index (χ1) is 14.8. The first kappa shape index (κ1) is 20.2. The van der Waals surface area contributed by atoms with Gasteiger partial charge >= 0.3 is 0 Å². The van der Waals surface area contributed by atoms with Crippen molar-refractivity contribution in [3.8, 4) is 16.9 Å². The van der Waals surface area contributed by atoms with E-state index in [1.807, 2.05) is 66.7 Å².